The zero-order valence-corrected chi connectivity index (χ0v) is 14.6. The lowest BCUT2D eigenvalue weighted by Crippen LogP contribution is -2.25. The summed E-state index contributed by atoms with van der Waals surface area (Å²) in [6, 6.07) is 8.86. The normalized spacial score (nSPS) is 11.6. The van der Waals surface area contributed by atoms with E-state index in [1.165, 1.54) is 10.5 Å². The maximum atomic E-state index is 12.8. The van der Waals surface area contributed by atoms with Gasteiger partial charge in [0, 0.05) is 11.2 Å². The van der Waals surface area contributed by atoms with Crippen molar-refractivity contribution in [2.75, 3.05) is 6.61 Å². The van der Waals surface area contributed by atoms with Crippen LogP contribution in [0, 0.1) is 0 Å². The van der Waals surface area contributed by atoms with E-state index in [2.05, 4.69) is 15.5 Å². The van der Waals surface area contributed by atoms with Crippen LogP contribution in [0.2, 0.25) is 5.02 Å². The molecule has 0 saturated heterocycles. The second kappa shape index (κ2) is 7.83. The standard InChI is InChI=1S/C17H14ClF3N4O2/c18-12-2-4-13(5-3-12)27-8-7-16(26)22-9-15-24-23-14-6-1-11(10-25(14)15)17(19,20)21/h1-6,10H,7-9H2,(H,22,26). The summed E-state index contributed by atoms with van der Waals surface area (Å²) in [5, 5.41) is 10.8. The van der Waals surface area contributed by atoms with Crippen LogP contribution < -0.4 is 10.1 Å². The lowest BCUT2D eigenvalue weighted by atomic mass is 10.3. The van der Waals surface area contributed by atoms with E-state index in [4.69, 9.17) is 16.3 Å². The highest BCUT2D eigenvalue weighted by atomic mass is 35.5. The molecule has 0 atom stereocenters. The van der Waals surface area contributed by atoms with Gasteiger partial charge in [0.15, 0.2) is 11.5 Å². The predicted octanol–water partition coefficient (Wildman–Crippen LogP) is 3.49. The van der Waals surface area contributed by atoms with Gasteiger partial charge in [-0.25, -0.2) is 0 Å². The number of halogens is 4. The van der Waals surface area contributed by atoms with Crippen LogP contribution in [0.1, 0.15) is 17.8 Å². The van der Waals surface area contributed by atoms with Gasteiger partial charge in [-0.05, 0) is 36.4 Å². The number of pyridine rings is 1. The van der Waals surface area contributed by atoms with Crippen molar-refractivity contribution < 1.29 is 22.7 Å². The molecule has 0 aliphatic carbocycles. The molecule has 0 radical (unpaired) electrons. The van der Waals surface area contributed by atoms with Gasteiger partial charge in [0.25, 0.3) is 0 Å². The van der Waals surface area contributed by atoms with E-state index in [0.717, 1.165) is 12.3 Å². The average Bonchev–Trinajstić information content (AvgIpc) is 3.03. The first kappa shape index (κ1) is 19.0. The fourth-order valence-corrected chi connectivity index (χ4v) is 2.41. The van der Waals surface area contributed by atoms with E-state index >= 15 is 0 Å². The highest BCUT2D eigenvalue weighted by molar-refractivity contribution is 6.30. The molecule has 142 valence electrons. The van der Waals surface area contributed by atoms with Crippen LogP contribution in [0.3, 0.4) is 0 Å². The minimum atomic E-state index is -4.47. The second-order valence-corrected chi connectivity index (χ2v) is 6.03. The van der Waals surface area contributed by atoms with E-state index in [0.29, 0.717) is 10.8 Å². The third kappa shape index (κ3) is 4.88. The summed E-state index contributed by atoms with van der Waals surface area (Å²) in [4.78, 5) is 11.9. The molecule has 0 aliphatic rings. The number of nitrogens with zero attached hydrogens (tertiary/aromatic N) is 3. The molecule has 1 amide bonds. The van der Waals surface area contributed by atoms with Gasteiger partial charge in [-0.1, -0.05) is 11.6 Å². The van der Waals surface area contributed by atoms with Crippen molar-refractivity contribution in [2.24, 2.45) is 0 Å². The number of carbonyl (C=O) groups excluding carboxylic acids is 1. The quantitative estimate of drug-likeness (QED) is 0.690. The summed E-state index contributed by atoms with van der Waals surface area (Å²) in [6.45, 7) is 0.0918. The smallest absolute Gasteiger partial charge is 0.417 e. The summed E-state index contributed by atoms with van der Waals surface area (Å²) < 4.78 is 45.1. The molecule has 2 aromatic heterocycles. The summed E-state index contributed by atoms with van der Waals surface area (Å²) in [6.07, 6.45) is -3.49. The average molecular weight is 399 g/mol. The van der Waals surface area contributed by atoms with Gasteiger partial charge in [0.05, 0.1) is 25.1 Å². The first-order chi connectivity index (χ1) is 12.8. The molecule has 3 rings (SSSR count). The first-order valence-corrected chi connectivity index (χ1v) is 8.26. The summed E-state index contributed by atoms with van der Waals surface area (Å²) >= 11 is 5.77. The molecule has 2 heterocycles. The number of benzene rings is 1. The van der Waals surface area contributed by atoms with Crippen LogP contribution in [0.25, 0.3) is 5.65 Å². The van der Waals surface area contributed by atoms with Gasteiger partial charge >= 0.3 is 6.18 Å². The van der Waals surface area contributed by atoms with E-state index in [9.17, 15) is 18.0 Å². The summed E-state index contributed by atoms with van der Waals surface area (Å²) in [5.74, 6) is 0.450. The molecule has 10 heteroatoms. The molecule has 1 aromatic carbocycles. The number of aromatic nitrogens is 3. The minimum Gasteiger partial charge on any atom is -0.493 e. The molecule has 0 bridgehead atoms. The van der Waals surface area contributed by atoms with Gasteiger partial charge in [-0.2, -0.15) is 13.2 Å². The van der Waals surface area contributed by atoms with Crippen LogP contribution in [-0.4, -0.2) is 27.1 Å². The maximum Gasteiger partial charge on any atom is 0.417 e. The number of alkyl halides is 3. The third-order valence-corrected chi connectivity index (χ3v) is 3.91. The molecule has 0 aliphatic heterocycles. The third-order valence-electron chi connectivity index (χ3n) is 3.66. The largest absolute Gasteiger partial charge is 0.493 e. The molecule has 0 unspecified atom stereocenters. The monoisotopic (exact) mass is 398 g/mol. The predicted molar refractivity (Wildman–Crippen MR) is 91.4 cm³/mol. The Hall–Kier alpha value is -2.81. The Labute approximate surface area is 156 Å². The second-order valence-electron chi connectivity index (χ2n) is 5.59. The van der Waals surface area contributed by atoms with Gasteiger partial charge in [0.1, 0.15) is 5.75 Å². The van der Waals surface area contributed by atoms with Crippen LogP contribution in [0.5, 0.6) is 5.75 Å². The van der Waals surface area contributed by atoms with Crippen molar-refractivity contribution in [1.82, 2.24) is 19.9 Å². The Balaban J connectivity index is 1.54. The lowest BCUT2D eigenvalue weighted by Gasteiger charge is -2.08. The number of ether oxygens (including phenoxy) is 1. The van der Waals surface area contributed by atoms with Crippen LogP contribution in [-0.2, 0) is 17.5 Å². The number of hydrogen-bond donors (Lipinski definition) is 1. The van der Waals surface area contributed by atoms with Crippen LogP contribution in [0.15, 0.2) is 42.6 Å². The zero-order chi connectivity index (χ0) is 19.4. The molecule has 0 saturated carbocycles. The van der Waals surface area contributed by atoms with Crippen molar-refractivity contribution in [2.45, 2.75) is 19.1 Å². The van der Waals surface area contributed by atoms with Gasteiger partial charge in [-0.3, -0.25) is 9.20 Å². The van der Waals surface area contributed by atoms with E-state index in [1.54, 1.807) is 24.3 Å². The first-order valence-electron chi connectivity index (χ1n) is 7.89. The number of nitrogens with one attached hydrogen (secondary N) is 1. The number of carbonyl (C=O) groups is 1. The zero-order valence-electron chi connectivity index (χ0n) is 13.8. The summed E-state index contributed by atoms with van der Waals surface area (Å²) in [7, 11) is 0. The number of amides is 1. The van der Waals surface area contributed by atoms with Gasteiger partial charge in [-0.15, -0.1) is 10.2 Å². The number of rotatable bonds is 6. The molecule has 0 spiro atoms. The van der Waals surface area contributed by atoms with Crippen molar-refractivity contribution in [3.05, 3.63) is 59.0 Å². The Morgan fingerprint density at radius 1 is 1.15 bits per heavy atom. The van der Waals surface area contributed by atoms with Crippen molar-refractivity contribution in [1.29, 1.82) is 0 Å². The van der Waals surface area contributed by atoms with E-state index in [-0.39, 0.29) is 37.0 Å². The molecular weight excluding hydrogens is 385 g/mol. The minimum absolute atomic E-state index is 0.0533. The Kier molecular flexibility index (Phi) is 5.50. The number of hydrogen-bond acceptors (Lipinski definition) is 4. The van der Waals surface area contributed by atoms with Crippen molar-refractivity contribution >= 4 is 23.2 Å². The molecule has 27 heavy (non-hydrogen) atoms. The van der Waals surface area contributed by atoms with Crippen LogP contribution >= 0.6 is 11.6 Å². The van der Waals surface area contributed by atoms with E-state index < -0.39 is 11.7 Å². The SMILES string of the molecule is O=C(CCOc1ccc(Cl)cc1)NCc1nnc2ccc(C(F)(F)F)cn12. The maximum absolute atomic E-state index is 12.8. The van der Waals surface area contributed by atoms with Crippen molar-refractivity contribution in [3.63, 3.8) is 0 Å². The van der Waals surface area contributed by atoms with Gasteiger partial charge in [0.2, 0.25) is 5.91 Å². The molecule has 0 fully saturated rings. The van der Waals surface area contributed by atoms with Crippen molar-refractivity contribution in [3.8, 4) is 5.75 Å². The van der Waals surface area contributed by atoms with Crippen LogP contribution in [0.4, 0.5) is 13.2 Å². The molecule has 3 aromatic rings. The number of fused-ring (bicyclic) bond motifs is 1. The highest BCUT2D eigenvalue weighted by Gasteiger charge is 2.31. The fourth-order valence-electron chi connectivity index (χ4n) is 2.28. The molecular formula is C17H14ClF3N4O2. The Morgan fingerprint density at radius 3 is 2.59 bits per heavy atom. The fraction of sp³-hybridized carbons (Fsp3) is 0.235. The topological polar surface area (TPSA) is 68.5 Å². The van der Waals surface area contributed by atoms with E-state index in [1.807, 2.05) is 0 Å². The lowest BCUT2D eigenvalue weighted by molar-refractivity contribution is -0.137. The Bertz CT molecular complexity index is 941. The molecule has 1 N–H and O–H groups in total. The molecule has 6 nitrogen and oxygen atoms in total. The Morgan fingerprint density at radius 2 is 1.89 bits per heavy atom. The van der Waals surface area contributed by atoms with Gasteiger partial charge < -0.3 is 10.1 Å². The summed E-state index contributed by atoms with van der Waals surface area (Å²) in [5.41, 5.74) is -0.558. The highest BCUT2D eigenvalue weighted by Crippen LogP contribution is 2.29.